The largest absolute Gasteiger partial charge is 0.304 e. The summed E-state index contributed by atoms with van der Waals surface area (Å²) in [7, 11) is 0. The summed E-state index contributed by atoms with van der Waals surface area (Å²) in [5.41, 5.74) is 2.34. The molecule has 2 nitrogen and oxygen atoms in total. The summed E-state index contributed by atoms with van der Waals surface area (Å²) < 4.78 is 2.16. The van der Waals surface area contributed by atoms with Gasteiger partial charge in [-0.15, -0.1) is 0 Å². The molecule has 0 bridgehead atoms. The van der Waals surface area contributed by atoms with Gasteiger partial charge in [0.1, 0.15) is 5.65 Å². The van der Waals surface area contributed by atoms with Crippen LogP contribution < -0.4 is 0 Å². The number of imidazole rings is 1. The van der Waals surface area contributed by atoms with Gasteiger partial charge in [0.2, 0.25) is 0 Å². The lowest BCUT2D eigenvalue weighted by Crippen LogP contribution is -1.96. The van der Waals surface area contributed by atoms with E-state index in [1.807, 2.05) is 24.4 Å². The van der Waals surface area contributed by atoms with Crippen LogP contribution in [-0.4, -0.2) is 9.38 Å². The molecule has 0 aliphatic carbocycles. The summed E-state index contributed by atoms with van der Waals surface area (Å²) in [6.45, 7) is 4.43. The standard InChI is InChI=1S/C11H14N2/c1-3-9(2)10-8-12-11-6-4-5-7-13(10)11/h4-9H,3H2,1-2H3/t9-/m0/s1. The first kappa shape index (κ1) is 8.30. The third kappa shape index (κ3) is 1.32. The molecule has 0 spiro atoms. The van der Waals surface area contributed by atoms with Crippen molar-refractivity contribution in [3.05, 3.63) is 36.3 Å². The van der Waals surface area contributed by atoms with E-state index in [0.717, 1.165) is 12.1 Å². The van der Waals surface area contributed by atoms with E-state index in [9.17, 15) is 0 Å². The summed E-state index contributed by atoms with van der Waals surface area (Å²) in [5.74, 6) is 0.581. The van der Waals surface area contributed by atoms with Crippen molar-refractivity contribution in [2.75, 3.05) is 0 Å². The van der Waals surface area contributed by atoms with Crippen LogP contribution in [0.25, 0.3) is 5.65 Å². The molecule has 1 atom stereocenters. The van der Waals surface area contributed by atoms with Crippen molar-refractivity contribution in [2.24, 2.45) is 0 Å². The van der Waals surface area contributed by atoms with E-state index < -0.39 is 0 Å². The normalized spacial score (nSPS) is 13.4. The van der Waals surface area contributed by atoms with Gasteiger partial charge in [-0.1, -0.05) is 19.9 Å². The van der Waals surface area contributed by atoms with Gasteiger partial charge in [-0.3, -0.25) is 0 Å². The van der Waals surface area contributed by atoms with Crippen molar-refractivity contribution in [3.8, 4) is 0 Å². The Balaban J connectivity index is 2.57. The Labute approximate surface area is 78.2 Å². The Morgan fingerprint density at radius 3 is 3.08 bits per heavy atom. The molecule has 0 saturated carbocycles. The number of hydrogen-bond acceptors (Lipinski definition) is 1. The first-order valence-corrected chi connectivity index (χ1v) is 4.75. The quantitative estimate of drug-likeness (QED) is 0.684. The highest BCUT2D eigenvalue weighted by Crippen LogP contribution is 2.19. The van der Waals surface area contributed by atoms with Gasteiger partial charge in [0, 0.05) is 18.1 Å². The van der Waals surface area contributed by atoms with Gasteiger partial charge in [-0.05, 0) is 24.5 Å². The van der Waals surface area contributed by atoms with Gasteiger partial charge >= 0.3 is 0 Å². The summed E-state index contributed by atoms with van der Waals surface area (Å²) in [6, 6.07) is 6.09. The second kappa shape index (κ2) is 3.21. The maximum atomic E-state index is 4.35. The minimum Gasteiger partial charge on any atom is -0.304 e. The van der Waals surface area contributed by atoms with Crippen LogP contribution in [0.2, 0.25) is 0 Å². The molecule has 0 N–H and O–H groups in total. The molecule has 0 unspecified atom stereocenters. The van der Waals surface area contributed by atoms with Gasteiger partial charge < -0.3 is 4.40 Å². The summed E-state index contributed by atoms with van der Waals surface area (Å²) in [4.78, 5) is 4.35. The van der Waals surface area contributed by atoms with Crippen LogP contribution in [0.1, 0.15) is 31.9 Å². The average Bonchev–Trinajstić information content (AvgIpc) is 2.60. The minimum absolute atomic E-state index is 0.581. The monoisotopic (exact) mass is 174 g/mol. The molecule has 0 aromatic carbocycles. The van der Waals surface area contributed by atoms with Crippen molar-refractivity contribution in [2.45, 2.75) is 26.2 Å². The smallest absolute Gasteiger partial charge is 0.136 e. The molecule has 0 saturated heterocycles. The van der Waals surface area contributed by atoms with E-state index >= 15 is 0 Å². The van der Waals surface area contributed by atoms with Gasteiger partial charge in [0.05, 0.1) is 0 Å². The SMILES string of the molecule is CC[C@H](C)c1cnc2ccccn12. The number of rotatable bonds is 2. The van der Waals surface area contributed by atoms with E-state index in [2.05, 4.69) is 29.4 Å². The molecule has 2 heteroatoms. The van der Waals surface area contributed by atoms with E-state index in [-0.39, 0.29) is 0 Å². The number of pyridine rings is 1. The molecule has 2 aromatic heterocycles. The Bertz CT molecular complexity index is 403. The van der Waals surface area contributed by atoms with Crippen molar-refractivity contribution in [1.29, 1.82) is 0 Å². The van der Waals surface area contributed by atoms with E-state index in [4.69, 9.17) is 0 Å². The summed E-state index contributed by atoms with van der Waals surface area (Å²) >= 11 is 0. The summed E-state index contributed by atoms with van der Waals surface area (Å²) in [6.07, 6.45) is 5.20. The zero-order valence-electron chi connectivity index (χ0n) is 8.07. The van der Waals surface area contributed by atoms with Crippen LogP contribution in [0, 0.1) is 0 Å². The third-order valence-electron chi connectivity index (χ3n) is 2.56. The molecule has 2 aromatic rings. The lowest BCUT2D eigenvalue weighted by Gasteiger charge is -2.07. The maximum absolute atomic E-state index is 4.35. The predicted octanol–water partition coefficient (Wildman–Crippen LogP) is 2.85. The fourth-order valence-electron chi connectivity index (χ4n) is 1.53. The highest BCUT2D eigenvalue weighted by atomic mass is 15.0. The van der Waals surface area contributed by atoms with Crippen LogP contribution in [-0.2, 0) is 0 Å². The first-order valence-electron chi connectivity index (χ1n) is 4.75. The number of fused-ring (bicyclic) bond motifs is 1. The fraction of sp³-hybridized carbons (Fsp3) is 0.364. The van der Waals surface area contributed by atoms with E-state index in [0.29, 0.717) is 5.92 Å². The Kier molecular flexibility index (Phi) is 2.05. The van der Waals surface area contributed by atoms with E-state index in [1.165, 1.54) is 5.69 Å². The number of hydrogen-bond donors (Lipinski definition) is 0. The van der Waals surface area contributed by atoms with Crippen molar-refractivity contribution in [1.82, 2.24) is 9.38 Å². The topological polar surface area (TPSA) is 17.3 Å². The molecular formula is C11H14N2. The van der Waals surface area contributed by atoms with Crippen molar-refractivity contribution in [3.63, 3.8) is 0 Å². The molecule has 0 aliphatic heterocycles. The third-order valence-corrected chi connectivity index (χ3v) is 2.56. The zero-order valence-corrected chi connectivity index (χ0v) is 8.07. The first-order chi connectivity index (χ1) is 6.33. The molecule has 0 fully saturated rings. The number of nitrogens with zero attached hydrogens (tertiary/aromatic N) is 2. The number of aromatic nitrogens is 2. The van der Waals surface area contributed by atoms with Crippen LogP contribution in [0.4, 0.5) is 0 Å². The van der Waals surface area contributed by atoms with Gasteiger partial charge in [0.25, 0.3) is 0 Å². The van der Waals surface area contributed by atoms with Crippen LogP contribution >= 0.6 is 0 Å². The fourth-order valence-corrected chi connectivity index (χ4v) is 1.53. The highest BCUT2D eigenvalue weighted by Gasteiger charge is 2.07. The van der Waals surface area contributed by atoms with Crippen LogP contribution in [0.3, 0.4) is 0 Å². The van der Waals surface area contributed by atoms with Crippen LogP contribution in [0.5, 0.6) is 0 Å². The molecule has 0 amide bonds. The Morgan fingerprint density at radius 2 is 2.31 bits per heavy atom. The molecule has 0 aliphatic rings. The molecule has 2 heterocycles. The average molecular weight is 174 g/mol. The predicted molar refractivity (Wildman–Crippen MR) is 53.9 cm³/mol. The second-order valence-corrected chi connectivity index (χ2v) is 3.42. The van der Waals surface area contributed by atoms with E-state index in [1.54, 1.807) is 0 Å². The molecule has 2 rings (SSSR count). The zero-order chi connectivity index (χ0) is 9.26. The lowest BCUT2D eigenvalue weighted by atomic mass is 10.1. The Morgan fingerprint density at radius 1 is 1.46 bits per heavy atom. The minimum atomic E-state index is 0.581. The van der Waals surface area contributed by atoms with Crippen molar-refractivity contribution >= 4 is 5.65 Å². The van der Waals surface area contributed by atoms with Crippen molar-refractivity contribution < 1.29 is 0 Å². The molecule has 13 heavy (non-hydrogen) atoms. The van der Waals surface area contributed by atoms with Gasteiger partial charge in [-0.2, -0.15) is 0 Å². The molecular weight excluding hydrogens is 160 g/mol. The van der Waals surface area contributed by atoms with Crippen LogP contribution in [0.15, 0.2) is 30.6 Å². The second-order valence-electron chi connectivity index (χ2n) is 3.42. The molecule has 0 radical (unpaired) electrons. The lowest BCUT2D eigenvalue weighted by molar-refractivity contribution is 0.700. The maximum Gasteiger partial charge on any atom is 0.136 e. The highest BCUT2D eigenvalue weighted by molar-refractivity contribution is 5.40. The van der Waals surface area contributed by atoms with Gasteiger partial charge in [-0.25, -0.2) is 4.98 Å². The van der Waals surface area contributed by atoms with Gasteiger partial charge in [0.15, 0.2) is 0 Å². The Hall–Kier alpha value is -1.31. The molecule has 68 valence electrons. The summed E-state index contributed by atoms with van der Waals surface area (Å²) in [5, 5.41) is 0.